The van der Waals surface area contributed by atoms with Crippen molar-refractivity contribution >= 4 is 53.4 Å². The molecule has 0 atom stereocenters. The van der Waals surface area contributed by atoms with Gasteiger partial charge in [0.1, 0.15) is 11.5 Å². The van der Waals surface area contributed by atoms with Crippen LogP contribution >= 0.6 is 24.4 Å². The Morgan fingerprint density at radius 3 is 2.19 bits per heavy atom. The Labute approximate surface area is 161 Å². The Hall–Kier alpha value is -2.58. The van der Waals surface area contributed by atoms with Gasteiger partial charge in [0.15, 0.2) is 0 Å². The number of carbonyl (C=O) groups is 2. The molecule has 26 heavy (non-hydrogen) atoms. The summed E-state index contributed by atoms with van der Waals surface area (Å²) in [6, 6.07) is 9.22. The molecular weight excluding hydrogens is 378 g/mol. The maximum Gasteiger partial charge on any atom is 0.336 e. The van der Waals surface area contributed by atoms with Crippen molar-refractivity contribution in [3.05, 3.63) is 41.4 Å². The molecule has 0 spiro atoms. The number of halogens is 1. The molecular formula is C17H18ClN3O4S. The van der Waals surface area contributed by atoms with Gasteiger partial charge in [-0.2, -0.15) is 0 Å². The van der Waals surface area contributed by atoms with Crippen LogP contribution in [0.1, 0.15) is 6.92 Å². The maximum absolute atomic E-state index is 12.5. The second-order valence-corrected chi connectivity index (χ2v) is 5.96. The predicted octanol–water partition coefficient (Wildman–Crippen LogP) is 4.20. The highest BCUT2D eigenvalue weighted by atomic mass is 35.5. The summed E-state index contributed by atoms with van der Waals surface area (Å²) in [4.78, 5) is 23.5. The molecule has 0 saturated heterocycles. The van der Waals surface area contributed by atoms with Crippen LogP contribution in [-0.2, 0) is 4.79 Å². The van der Waals surface area contributed by atoms with Gasteiger partial charge in [0, 0.05) is 24.7 Å². The molecule has 0 aromatic heterocycles. The molecule has 0 radical (unpaired) electrons. The summed E-state index contributed by atoms with van der Waals surface area (Å²) in [6.45, 7) is 1.42. The van der Waals surface area contributed by atoms with Crippen LogP contribution in [0.3, 0.4) is 0 Å². The number of methoxy groups -OCH3 is 2. The number of nitrogens with zero attached hydrogens (tertiary/aromatic N) is 1. The van der Waals surface area contributed by atoms with Gasteiger partial charge in [0.05, 0.1) is 30.6 Å². The number of ether oxygens (including phenoxy) is 2. The van der Waals surface area contributed by atoms with E-state index >= 15 is 0 Å². The lowest BCUT2D eigenvalue weighted by molar-refractivity contribution is -0.114. The standard InChI is InChI=1S/C17H18ClN3O4S/c1-10(22)19-11-4-6-12(7-5-11)21(26)17(23)20-14-9-15(24-2)13(18)8-16(14)25-3/h4-9,26H,1-3H3,(H,19,22)(H,20,23). The molecule has 9 heteroatoms. The largest absolute Gasteiger partial charge is 0.495 e. The highest BCUT2D eigenvalue weighted by Gasteiger charge is 2.17. The zero-order valence-corrected chi connectivity index (χ0v) is 16.0. The van der Waals surface area contributed by atoms with Gasteiger partial charge < -0.3 is 20.1 Å². The van der Waals surface area contributed by atoms with E-state index in [1.807, 2.05) is 0 Å². The van der Waals surface area contributed by atoms with Gasteiger partial charge in [-0.1, -0.05) is 24.4 Å². The van der Waals surface area contributed by atoms with Crippen LogP contribution in [0, 0.1) is 0 Å². The number of urea groups is 1. The lowest BCUT2D eigenvalue weighted by Crippen LogP contribution is -2.27. The summed E-state index contributed by atoms with van der Waals surface area (Å²) in [5.41, 5.74) is 1.51. The maximum atomic E-state index is 12.5. The van der Waals surface area contributed by atoms with E-state index in [0.717, 1.165) is 4.31 Å². The average Bonchev–Trinajstić information content (AvgIpc) is 2.62. The van der Waals surface area contributed by atoms with Gasteiger partial charge in [-0.25, -0.2) is 9.10 Å². The van der Waals surface area contributed by atoms with E-state index in [0.29, 0.717) is 33.6 Å². The first-order chi connectivity index (χ1) is 12.3. The van der Waals surface area contributed by atoms with Crippen molar-refractivity contribution in [3.63, 3.8) is 0 Å². The lowest BCUT2D eigenvalue weighted by Gasteiger charge is -2.19. The van der Waals surface area contributed by atoms with Crippen molar-refractivity contribution in [2.24, 2.45) is 0 Å². The Kier molecular flexibility index (Phi) is 6.59. The fourth-order valence-electron chi connectivity index (χ4n) is 2.13. The first kappa shape index (κ1) is 19.7. The summed E-state index contributed by atoms with van der Waals surface area (Å²) < 4.78 is 11.5. The molecule has 0 heterocycles. The van der Waals surface area contributed by atoms with Crippen LogP contribution < -0.4 is 24.4 Å². The van der Waals surface area contributed by atoms with E-state index in [4.69, 9.17) is 21.1 Å². The van der Waals surface area contributed by atoms with E-state index in [9.17, 15) is 9.59 Å². The van der Waals surface area contributed by atoms with Crippen LogP contribution in [0.2, 0.25) is 5.02 Å². The quantitative estimate of drug-likeness (QED) is 0.663. The molecule has 0 fully saturated rings. The minimum absolute atomic E-state index is 0.179. The molecule has 0 bridgehead atoms. The van der Waals surface area contributed by atoms with Gasteiger partial charge in [-0.05, 0) is 24.3 Å². The summed E-state index contributed by atoms with van der Waals surface area (Å²) in [5, 5.41) is 5.69. The highest BCUT2D eigenvalue weighted by Crippen LogP contribution is 2.36. The smallest absolute Gasteiger partial charge is 0.336 e. The third-order valence-corrected chi connectivity index (χ3v) is 4.05. The average molecular weight is 396 g/mol. The first-order valence-electron chi connectivity index (χ1n) is 7.45. The predicted molar refractivity (Wildman–Crippen MR) is 106 cm³/mol. The molecule has 138 valence electrons. The molecule has 0 aliphatic carbocycles. The van der Waals surface area contributed by atoms with Crippen molar-refractivity contribution < 1.29 is 19.1 Å². The summed E-state index contributed by atoms with van der Waals surface area (Å²) in [5.74, 6) is 0.599. The first-order valence-corrected chi connectivity index (χ1v) is 8.22. The third-order valence-electron chi connectivity index (χ3n) is 3.34. The summed E-state index contributed by atoms with van der Waals surface area (Å²) in [7, 11) is 2.94. The Morgan fingerprint density at radius 1 is 1.04 bits per heavy atom. The molecule has 0 unspecified atom stereocenters. The number of rotatable bonds is 5. The Bertz CT molecular complexity index is 814. The lowest BCUT2D eigenvalue weighted by atomic mass is 10.2. The molecule has 3 amide bonds. The number of thiol groups is 1. The van der Waals surface area contributed by atoms with E-state index in [1.165, 1.54) is 21.1 Å². The number of amides is 3. The van der Waals surface area contributed by atoms with Crippen molar-refractivity contribution in [3.8, 4) is 11.5 Å². The highest BCUT2D eigenvalue weighted by molar-refractivity contribution is 7.82. The SMILES string of the molecule is COc1cc(NC(=O)N(S)c2ccc(NC(C)=O)cc2)c(OC)cc1Cl. The molecule has 2 aromatic carbocycles. The Morgan fingerprint density at radius 2 is 1.65 bits per heavy atom. The number of carbonyl (C=O) groups excluding carboxylic acids is 2. The number of hydrogen-bond acceptors (Lipinski definition) is 5. The number of anilines is 3. The molecule has 2 aromatic rings. The minimum atomic E-state index is -0.511. The van der Waals surface area contributed by atoms with Gasteiger partial charge in [-0.3, -0.25) is 4.79 Å². The van der Waals surface area contributed by atoms with Crippen LogP contribution in [-0.4, -0.2) is 26.2 Å². The molecule has 0 aliphatic heterocycles. The number of hydrogen-bond donors (Lipinski definition) is 3. The van der Waals surface area contributed by atoms with Crippen LogP contribution in [0.4, 0.5) is 21.9 Å². The van der Waals surface area contributed by atoms with Crippen LogP contribution in [0.25, 0.3) is 0 Å². The van der Waals surface area contributed by atoms with Crippen LogP contribution in [0.5, 0.6) is 11.5 Å². The zero-order valence-electron chi connectivity index (χ0n) is 14.4. The third kappa shape index (κ3) is 4.74. The van der Waals surface area contributed by atoms with Gasteiger partial charge in [0.2, 0.25) is 5.91 Å². The fourth-order valence-corrected chi connectivity index (χ4v) is 2.55. The second kappa shape index (κ2) is 8.68. The van der Waals surface area contributed by atoms with Gasteiger partial charge >= 0.3 is 6.03 Å². The molecule has 0 saturated carbocycles. The van der Waals surface area contributed by atoms with E-state index < -0.39 is 6.03 Å². The second-order valence-electron chi connectivity index (χ2n) is 5.16. The minimum Gasteiger partial charge on any atom is -0.495 e. The topological polar surface area (TPSA) is 79.9 Å². The van der Waals surface area contributed by atoms with E-state index in [1.54, 1.807) is 36.4 Å². The van der Waals surface area contributed by atoms with Crippen molar-refractivity contribution in [1.82, 2.24) is 0 Å². The molecule has 2 N–H and O–H groups in total. The Balaban J connectivity index is 2.17. The number of nitrogens with one attached hydrogen (secondary N) is 2. The monoisotopic (exact) mass is 395 g/mol. The molecule has 0 aliphatic rings. The zero-order chi connectivity index (χ0) is 19.3. The molecule has 7 nitrogen and oxygen atoms in total. The van der Waals surface area contributed by atoms with Gasteiger partial charge in [0.25, 0.3) is 0 Å². The van der Waals surface area contributed by atoms with E-state index in [2.05, 4.69) is 23.4 Å². The van der Waals surface area contributed by atoms with Crippen molar-refractivity contribution in [2.75, 3.05) is 29.2 Å². The van der Waals surface area contributed by atoms with Crippen molar-refractivity contribution in [1.29, 1.82) is 0 Å². The van der Waals surface area contributed by atoms with Gasteiger partial charge in [-0.15, -0.1) is 0 Å². The fraction of sp³-hybridized carbons (Fsp3) is 0.176. The summed E-state index contributed by atoms with van der Waals surface area (Å²) >= 11 is 10.3. The summed E-state index contributed by atoms with van der Waals surface area (Å²) in [6.07, 6.45) is 0. The van der Waals surface area contributed by atoms with Crippen molar-refractivity contribution in [2.45, 2.75) is 6.92 Å². The van der Waals surface area contributed by atoms with Crippen LogP contribution in [0.15, 0.2) is 36.4 Å². The molecule has 2 rings (SSSR count). The van der Waals surface area contributed by atoms with E-state index in [-0.39, 0.29) is 5.91 Å². The normalized spacial score (nSPS) is 10.0. The number of benzene rings is 2.